The number of nitrogens with zero attached hydrogens (tertiary/aromatic N) is 6. The first kappa shape index (κ1) is 29.7. The van der Waals surface area contributed by atoms with Crippen LogP contribution in [0.15, 0.2) is 36.5 Å². The molecular formula is C22H16F9N7O3. The van der Waals surface area contributed by atoms with Crippen LogP contribution in [0, 0.1) is 0 Å². The van der Waals surface area contributed by atoms with Crippen LogP contribution >= 0.6 is 0 Å². The number of esters is 1. The van der Waals surface area contributed by atoms with Crippen molar-refractivity contribution in [3.05, 3.63) is 47.9 Å². The molecule has 0 radical (unpaired) electrons. The Balaban J connectivity index is 1.78. The number of hydrogen-bond acceptors (Lipinski definition) is 10. The fourth-order valence-electron chi connectivity index (χ4n) is 3.76. The zero-order valence-corrected chi connectivity index (χ0v) is 20.1. The molecule has 220 valence electrons. The first-order valence-corrected chi connectivity index (χ1v) is 11.3. The van der Waals surface area contributed by atoms with Gasteiger partial charge in [-0.05, 0) is 24.3 Å². The van der Waals surface area contributed by atoms with Gasteiger partial charge >= 0.3 is 24.5 Å². The van der Waals surface area contributed by atoms with E-state index in [1.54, 1.807) is 0 Å². The number of aliphatic hydroxyl groups excluding tert-OH is 1. The molecule has 0 saturated carbocycles. The summed E-state index contributed by atoms with van der Waals surface area (Å²) in [6.07, 6.45) is -14.9. The Morgan fingerprint density at radius 3 is 2.32 bits per heavy atom. The lowest BCUT2D eigenvalue weighted by atomic mass is 10.0. The Hall–Kier alpha value is -4.29. The molecule has 19 heteroatoms. The first-order valence-electron chi connectivity index (χ1n) is 11.3. The summed E-state index contributed by atoms with van der Waals surface area (Å²) in [6.45, 7) is -2.89. The van der Waals surface area contributed by atoms with E-state index >= 15 is 0 Å². The quantitative estimate of drug-likeness (QED) is 0.316. The van der Waals surface area contributed by atoms with Crippen molar-refractivity contribution in [3.8, 4) is 11.5 Å². The fourth-order valence-corrected chi connectivity index (χ4v) is 3.76. The number of pyridine rings is 2. The summed E-state index contributed by atoms with van der Waals surface area (Å²) in [7, 11) is 0. The van der Waals surface area contributed by atoms with Crippen molar-refractivity contribution < 1.29 is 54.2 Å². The Morgan fingerprint density at radius 2 is 1.68 bits per heavy atom. The van der Waals surface area contributed by atoms with Crippen molar-refractivity contribution >= 4 is 23.6 Å². The summed E-state index contributed by atoms with van der Waals surface area (Å²) in [5.41, 5.74) is -6.49. The molecule has 4 heterocycles. The molecule has 2 N–H and O–H groups in total. The van der Waals surface area contributed by atoms with Gasteiger partial charge in [-0.25, -0.2) is 9.78 Å². The fraction of sp³-hybridized carbons (Fsp3) is 0.364. The van der Waals surface area contributed by atoms with Gasteiger partial charge in [-0.15, -0.1) is 0 Å². The van der Waals surface area contributed by atoms with Crippen LogP contribution in [0.2, 0.25) is 0 Å². The molecule has 0 amide bonds. The van der Waals surface area contributed by atoms with E-state index in [1.165, 1.54) is 0 Å². The Bertz CT molecular complexity index is 1430. The Morgan fingerprint density at radius 1 is 0.976 bits per heavy atom. The lowest BCUT2D eigenvalue weighted by molar-refractivity contribution is -0.263. The lowest BCUT2D eigenvalue weighted by Crippen LogP contribution is -2.51. The number of carbonyl (C=O) groups is 1. The average molecular weight is 597 g/mol. The highest BCUT2D eigenvalue weighted by Crippen LogP contribution is 2.42. The molecule has 10 nitrogen and oxygen atoms in total. The van der Waals surface area contributed by atoms with E-state index in [1.807, 2.05) is 0 Å². The van der Waals surface area contributed by atoms with Crippen molar-refractivity contribution in [2.45, 2.75) is 30.6 Å². The Kier molecular flexibility index (Phi) is 7.67. The molecule has 1 fully saturated rings. The van der Waals surface area contributed by atoms with Crippen molar-refractivity contribution in [2.75, 3.05) is 29.9 Å². The number of anilines is 3. The van der Waals surface area contributed by atoms with Crippen molar-refractivity contribution in [2.24, 2.45) is 0 Å². The minimum atomic E-state index is -5.11. The van der Waals surface area contributed by atoms with Gasteiger partial charge in [0.25, 0.3) is 0 Å². The third kappa shape index (κ3) is 6.55. The van der Waals surface area contributed by atoms with Crippen molar-refractivity contribution in [1.29, 1.82) is 0 Å². The van der Waals surface area contributed by atoms with Gasteiger partial charge in [-0.3, -0.25) is 4.98 Å². The summed E-state index contributed by atoms with van der Waals surface area (Å²) in [6, 6.07) is 4.34. The number of ether oxygens (including phenoxy) is 1. The maximum atomic E-state index is 13.9. The van der Waals surface area contributed by atoms with E-state index < -0.39 is 91.0 Å². The molecule has 1 atom stereocenters. The van der Waals surface area contributed by atoms with Gasteiger partial charge in [0.05, 0.1) is 6.54 Å². The molecule has 1 aliphatic heterocycles. The van der Waals surface area contributed by atoms with Crippen LogP contribution in [0.5, 0.6) is 0 Å². The predicted molar refractivity (Wildman–Crippen MR) is 119 cm³/mol. The van der Waals surface area contributed by atoms with Gasteiger partial charge in [0, 0.05) is 24.8 Å². The molecule has 3 aromatic rings. The van der Waals surface area contributed by atoms with Crippen molar-refractivity contribution in [1.82, 2.24) is 24.9 Å². The number of nitrogens with one attached hydrogen (secondary N) is 1. The van der Waals surface area contributed by atoms with E-state index in [-0.39, 0.29) is 5.69 Å². The number of aliphatic hydroxyl groups is 1. The molecule has 0 unspecified atom stereocenters. The van der Waals surface area contributed by atoms with Gasteiger partial charge in [0.2, 0.25) is 17.5 Å². The minimum absolute atomic E-state index is 0.268. The summed E-state index contributed by atoms with van der Waals surface area (Å²) in [5, 5.41) is 11.3. The molecule has 4 rings (SSSR count). The highest BCUT2D eigenvalue weighted by molar-refractivity contribution is 5.71. The van der Waals surface area contributed by atoms with Gasteiger partial charge in [-0.2, -0.15) is 54.5 Å². The van der Waals surface area contributed by atoms with Gasteiger partial charge < -0.3 is 20.1 Å². The van der Waals surface area contributed by atoms with Crippen LogP contribution in [0.3, 0.4) is 0 Å². The molecule has 1 saturated heterocycles. The summed E-state index contributed by atoms with van der Waals surface area (Å²) >= 11 is 0. The molecule has 41 heavy (non-hydrogen) atoms. The lowest BCUT2D eigenvalue weighted by Gasteiger charge is -2.31. The van der Waals surface area contributed by atoms with Crippen LogP contribution in [-0.4, -0.2) is 67.5 Å². The molecular weight excluding hydrogens is 581 g/mol. The highest BCUT2D eigenvalue weighted by Gasteiger charge is 2.62. The van der Waals surface area contributed by atoms with Gasteiger partial charge in [0.1, 0.15) is 23.7 Å². The summed E-state index contributed by atoms with van der Waals surface area (Å²) in [5.74, 6) is -3.23. The smallest absolute Gasteiger partial charge is 0.433 e. The van der Waals surface area contributed by atoms with Crippen molar-refractivity contribution in [3.63, 3.8) is 0 Å². The number of rotatable bonds is 6. The topological polar surface area (TPSA) is 126 Å². The SMILES string of the molecule is O=C(CO)O[C@@]1(C(F)(F)F)CCN(c2nc(Nc3ccnc(C(F)(F)F)c3)nc(-c3cccc(C(F)(F)F)n3)n2)C1. The summed E-state index contributed by atoms with van der Waals surface area (Å²) < 4.78 is 125. The van der Waals surface area contributed by atoms with Gasteiger partial charge in [0.15, 0.2) is 5.82 Å². The largest absolute Gasteiger partial charge is 0.446 e. The van der Waals surface area contributed by atoms with E-state index in [9.17, 15) is 44.3 Å². The standard InChI is InChI=1S/C22H16F9N7O3/c23-20(24,25)13-3-1-2-12(34-13)16-35-17(33-11-4-6-32-14(8-11)21(26,27)28)37-18(36-16)38-7-5-19(10-38,22(29,30)31)41-15(40)9-39/h1-4,6,8,39H,5,7,9-10H2,(H,32,33,35,36,37)/t19-/m0/s1. The van der Waals surface area contributed by atoms with E-state index in [0.717, 1.165) is 29.3 Å². The second-order valence-electron chi connectivity index (χ2n) is 8.54. The molecule has 0 spiro atoms. The Labute approximate surface area is 223 Å². The highest BCUT2D eigenvalue weighted by atomic mass is 19.4. The summed E-state index contributed by atoms with van der Waals surface area (Å²) in [4.78, 5) is 30.8. The van der Waals surface area contributed by atoms with Crippen LogP contribution in [-0.2, 0) is 21.9 Å². The maximum Gasteiger partial charge on any atom is 0.433 e. The molecule has 0 aliphatic carbocycles. The number of halogens is 9. The normalized spacial score (nSPS) is 18.0. The molecule has 1 aliphatic rings. The van der Waals surface area contributed by atoms with E-state index in [2.05, 4.69) is 35.0 Å². The van der Waals surface area contributed by atoms with Crippen LogP contribution in [0.25, 0.3) is 11.5 Å². The third-order valence-corrected chi connectivity index (χ3v) is 5.67. The van der Waals surface area contributed by atoms with Crippen LogP contribution in [0.1, 0.15) is 17.8 Å². The average Bonchev–Trinajstić information content (AvgIpc) is 3.33. The van der Waals surface area contributed by atoms with Crippen LogP contribution in [0.4, 0.5) is 57.1 Å². The second-order valence-corrected chi connectivity index (χ2v) is 8.54. The third-order valence-electron chi connectivity index (χ3n) is 5.67. The van der Waals surface area contributed by atoms with Crippen LogP contribution < -0.4 is 10.2 Å². The second kappa shape index (κ2) is 10.6. The molecule has 0 aromatic carbocycles. The predicted octanol–water partition coefficient (Wildman–Crippen LogP) is 4.16. The zero-order chi connectivity index (χ0) is 30.2. The number of hydrogen-bond donors (Lipinski definition) is 2. The monoisotopic (exact) mass is 597 g/mol. The minimum Gasteiger partial charge on any atom is -0.446 e. The first-order chi connectivity index (χ1) is 19.0. The van der Waals surface area contributed by atoms with Gasteiger partial charge in [-0.1, -0.05) is 6.07 Å². The van der Waals surface area contributed by atoms with E-state index in [0.29, 0.717) is 12.1 Å². The maximum absolute atomic E-state index is 13.9. The van der Waals surface area contributed by atoms with E-state index in [4.69, 9.17) is 5.11 Å². The molecule has 3 aromatic heterocycles. The zero-order valence-electron chi connectivity index (χ0n) is 20.1. The number of alkyl halides is 9. The molecule has 0 bridgehead atoms. The number of aromatic nitrogens is 5. The number of carbonyl (C=O) groups excluding carboxylic acids is 1.